The third-order valence-corrected chi connectivity index (χ3v) is 2.73. The van der Waals surface area contributed by atoms with Crippen molar-refractivity contribution in [2.24, 2.45) is 0 Å². The van der Waals surface area contributed by atoms with E-state index in [0.717, 1.165) is 5.56 Å². The van der Waals surface area contributed by atoms with Crippen molar-refractivity contribution in [2.45, 2.75) is 13.2 Å². The molecule has 110 valence electrons. The summed E-state index contributed by atoms with van der Waals surface area (Å²) in [5.41, 5.74) is 1.16. The molecule has 0 unspecified atom stereocenters. The van der Waals surface area contributed by atoms with Crippen LogP contribution in [0.4, 0.5) is 0 Å². The number of hydrogen-bond acceptors (Lipinski definition) is 5. The molecule has 0 radical (unpaired) electrons. The number of ether oxygens (including phenoxy) is 1. The molecule has 0 aliphatic carbocycles. The van der Waals surface area contributed by atoms with Gasteiger partial charge in [-0.2, -0.15) is 0 Å². The molecule has 0 atom stereocenters. The maximum atomic E-state index is 11.8. The van der Waals surface area contributed by atoms with Gasteiger partial charge in [0.25, 0.3) is 5.91 Å². The lowest BCUT2D eigenvalue weighted by molar-refractivity contribution is 0.0696. The minimum Gasteiger partial charge on any atom is -0.478 e. The summed E-state index contributed by atoms with van der Waals surface area (Å²) < 4.78 is 9.79. The molecule has 0 bridgehead atoms. The lowest BCUT2D eigenvalue weighted by Gasteiger charge is -2.03. The molecule has 0 saturated heterocycles. The normalized spacial score (nSPS) is 10.3. The average Bonchev–Trinajstić information content (AvgIpc) is 2.94. The quantitative estimate of drug-likeness (QED) is 0.835. The van der Waals surface area contributed by atoms with Crippen molar-refractivity contribution in [1.29, 1.82) is 0 Å². The number of nitrogens with one attached hydrogen (secondary N) is 1. The predicted molar refractivity (Wildman–Crippen MR) is 71.8 cm³/mol. The summed E-state index contributed by atoms with van der Waals surface area (Å²) >= 11 is 0. The molecule has 1 heterocycles. The van der Waals surface area contributed by atoms with E-state index in [0.29, 0.717) is 5.76 Å². The molecule has 0 spiro atoms. The van der Waals surface area contributed by atoms with Crippen LogP contribution in [0.25, 0.3) is 0 Å². The lowest BCUT2D eigenvalue weighted by atomic mass is 10.1. The molecule has 0 aliphatic heterocycles. The Bertz CT molecular complexity index is 633. The summed E-state index contributed by atoms with van der Waals surface area (Å²) in [4.78, 5) is 22.6. The Hall–Kier alpha value is -2.67. The fraction of sp³-hybridized carbons (Fsp3) is 0.214. The predicted octanol–water partition coefficient (Wildman–Crippen LogP) is 1.45. The standard InChI is InChI=1S/C14H14N2O5/c1-20-8-11-6-12(16-21-11)13(17)15-7-9-2-4-10(5-3-9)14(18)19/h2-6H,7-8H2,1H3,(H,15,17)(H,18,19). The van der Waals surface area contributed by atoms with Gasteiger partial charge < -0.3 is 19.7 Å². The second-order valence-corrected chi connectivity index (χ2v) is 4.30. The molecule has 1 aromatic heterocycles. The second kappa shape index (κ2) is 6.67. The largest absolute Gasteiger partial charge is 0.478 e. The topological polar surface area (TPSA) is 102 Å². The van der Waals surface area contributed by atoms with Crippen molar-refractivity contribution in [1.82, 2.24) is 10.5 Å². The highest BCUT2D eigenvalue weighted by Crippen LogP contribution is 2.07. The summed E-state index contributed by atoms with van der Waals surface area (Å²) in [5.74, 6) is -0.893. The molecular weight excluding hydrogens is 276 g/mol. The molecule has 0 aliphatic rings. The third-order valence-electron chi connectivity index (χ3n) is 2.73. The van der Waals surface area contributed by atoms with Crippen molar-refractivity contribution in [3.8, 4) is 0 Å². The Kier molecular flexibility index (Phi) is 4.68. The number of methoxy groups -OCH3 is 1. The number of amides is 1. The van der Waals surface area contributed by atoms with Crippen molar-refractivity contribution >= 4 is 11.9 Å². The van der Waals surface area contributed by atoms with Crippen LogP contribution in [0.2, 0.25) is 0 Å². The van der Waals surface area contributed by atoms with E-state index < -0.39 is 5.97 Å². The van der Waals surface area contributed by atoms with Gasteiger partial charge in [0.2, 0.25) is 0 Å². The van der Waals surface area contributed by atoms with Crippen molar-refractivity contribution < 1.29 is 24.0 Å². The lowest BCUT2D eigenvalue weighted by Crippen LogP contribution is -2.23. The van der Waals surface area contributed by atoms with Gasteiger partial charge in [-0.1, -0.05) is 17.3 Å². The Morgan fingerprint density at radius 2 is 2.05 bits per heavy atom. The van der Waals surface area contributed by atoms with Gasteiger partial charge in [0.15, 0.2) is 11.5 Å². The number of aromatic carboxylic acids is 1. The highest BCUT2D eigenvalue weighted by Gasteiger charge is 2.12. The zero-order chi connectivity index (χ0) is 15.2. The molecule has 0 fully saturated rings. The van der Waals surface area contributed by atoms with Crippen LogP contribution in [0.1, 0.15) is 32.2 Å². The molecule has 2 rings (SSSR count). The highest BCUT2D eigenvalue weighted by molar-refractivity contribution is 5.92. The molecule has 21 heavy (non-hydrogen) atoms. The van der Waals surface area contributed by atoms with Gasteiger partial charge in [-0.15, -0.1) is 0 Å². The molecule has 1 aromatic carbocycles. The maximum Gasteiger partial charge on any atom is 0.335 e. The van der Waals surface area contributed by atoms with Crippen LogP contribution >= 0.6 is 0 Å². The monoisotopic (exact) mass is 290 g/mol. The first-order valence-electron chi connectivity index (χ1n) is 6.15. The van der Waals surface area contributed by atoms with Gasteiger partial charge >= 0.3 is 5.97 Å². The first kappa shape index (κ1) is 14.7. The van der Waals surface area contributed by atoms with Crippen molar-refractivity contribution in [3.63, 3.8) is 0 Å². The molecule has 7 heteroatoms. The molecule has 1 amide bonds. The van der Waals surface area contributed by atoms with E-state index >= 15 is 0 Å². The summed E-state index contributed by atoms with van der Waals surface area (Å²) in [7, 11) is 1.52. The molecule has 2 aromatic rings. The van der Waals surface area contributed by atoms with Crippen LogP contribution < -0.4 is 5.32 Å². The number of nitrogens with zero attached hydrogens (tertiary/aromatic N) is 1. The van der Waals surface area contributed by atoms with Gasteiger partial charge in [0.1, 0.15) is 6.61 Å². The summed E-state index contributed by atoms with van der Waals surface area (Å²) in [6.45, 7) is 0.516. The number of benzene rings is 1. The first-order valence-corrected chi connectivity index (χ1v) is 6.15. The number of hydrogen-bond donors (Lipinski definition) is 2. The number of rotatable bonds is 6. The fourth-order valence-corrected chi connectivity index (χ4v) is 1.67. The minimum atomic E-state index is -0.987. The van der Waals surface area contributed by atoms with E-state index in [1.54, 1.807) is 12.1 Å². The average molecular weight is 290 g/mol. The number of carboxylic acids is 1. The van der Waals surface area contributed by atoms with Crippen molar-refractivity contribution in [3.05, 3.63) is 52.9 Å². The van der Waals surface area contributed by atoms with Gasteiger partial charge in [-0.3, -0.25) is 4.79 Å². The Morgan fingerprint density at radius 3 is 2.67 bits per heavy atom. The van der Waals surface area contributed by atoms with Gasteiger partial charge in [0.05, 0.1) is 5.56 Å². The van der Waals surface area contributed by atoms with E-state index in [9.17, 15) is 9.59 Å². The molecule has 0 saturated carbocycles. The first-order chi connectivity index (χ1) is 10.1. The zero-order valence-electron chi connectivity index (χ0n) is 11.3. The molecule has 7 nitrogen and oxygen atoms in total. The van der Waals surface area contributed by atoms with E-state index in [2.05, 4.69) is 10.5 Å². The summed E-state index contributed by atoms with van der Waals surface area (Å²) in [6, 6.07) is 7.76. The Balaban J connectivity index is 1.92. The highest BCUT2D eigenvalue weighted by atomic mass is 16.5. The Labute approximate surface area is 120 Å². The van der Waals surface area contributed by atoms with Crippen LogP contribution in [0.3, 0.4) is 0 Å². The van der Waals surface area contributed by atoms with Crippen molar-refractivity contribution in [2.75, 3.05) is 7.11 Å². The minimum absolute atomic E-state index is 0.171. The number of carbonyl (C=O) groups is 2. The smallest absolute Gasteiger partial charge is 0.335 e. The van der Waals surface area contributed by atoms with Crippen LogP contribution in [-0.2, 0) is 17.9 Å². The van der Waals surface area contributed by atoms with Crippen LogP contribution in [-0.4, -0.2) is 29.2 Å². The van der Waals surface area contributed by atoms with Crippen LogP contribution in [0.15, 0.2) is 34.9 Å². The second-order valence-electron chi connectivity index (χ2n) is 4.30. The van der Waals surface area contributed by atoms with Crippen LogP contribution in [0.5, 0.6) is 0 Å². The van der Waals surface area contributed by atoms with Gasteiger partial charge in [0, 0.05) is 19.7 Å². The molecular formula is C14H14N2O5. The summed E-state index contributed by atoms with van der Waals surface area (Å²) in [6.07, 6.45) is 0. The zero-order valence-corrected chi connectivity index (χ0v) is 11.3. The van der Waals surface area contributed by atoms with E-state index in [-0.39, 0.29) is 30.3 Å². The fourth-order valence-electron chi connectivity index (χ4n) is 1.67. The number of aromatic nitrogens is 1. The summed E-state index contributed by atoms with van der Waals surface area (Å²) in [5, 5.41) is 15.1. The van der Waals surface area contributed by atoms with E-state index in [1.807, 2.05) is 0 Å². The third kappa shape index (κ3) is 3.90. The maximum absolute atomic E-state index is 11.8. The van der Waals surface area contributed by atoms with Gasteiger partial charge in [-0.25, -0.2) is 4.79 Å². The Morgan fingerprint density at radius 1 is 1.33 bits per heavy atom. The van der Waals surface area contributed by atoms with Gasteiger partial charge in [-0.05, 0) is 17.7 Å². The van der Waals surface area contributed by atoms with E-state index in [1.165, 1.54) is 25.3 Å². The molecule has 2 N–H and O–H groups in total. The number of carboxylic acid groups (broad SMARTS) is 1. The number of carbonyl (C=O) groups excluding carboxylic acids is 1. The van der Waals surface area contributed by atoms with Crippen LogP contribution in [0, 0.1) is 0 Å². The van der Waals surface area contributed by atoms with E-state index in [4.69, 9.17) is 14.4 Å². The SMILES string of the molecule is COCc1cc(C(=O)NCc2ccc(C(=O)O)cc2)no1.